The van der Waals surface area contributed by atoms with Gasteiger partial charge in [0.05, 0.1) is 60.2 Å². The van der Waals surface area contributed by atoms with E-state index in [1.54, 1.807) is 122 Å². The molecule has 2 N–H and O–H groups in total. The predicted octanol–water partition coefficient (Wildman–Crippen LogP) is 6.70. The summed E-state index contributed by atoms with van der Waals surface area (Å²) in [7, 11) is 6.19. The fourth-order valence-electron chi connectivity index (χ4n) is 6.30. The molecule has 0 amide bonds. The topological polar surface area (TPSA) is 239 Å². The smallest absolute Gasteiger partial charge is 0.348 e. The quantitative estimate of drug-likeness (QED) is 0.0556. The number of halogens is 1. The molecule has 0 atom stereocenters. The van der Waals surface area contributed by atoms with Crippen LogP contribution < -0.4 is 11.2 Å². The molecule has 4 aromatic carbocycles. The number of carbonyl (C=O) groups excluding carboxylic acids is 4. The van der Waals surface area contributed by atoms with Crippen molar-refractivity contribution >= 4 is 74.5 Å². The maximum Gasteiger partial charge on any atom is 0.348 e. The molecule has 0 fully saturated rings. The molecule has 0 saturated carbocycles. The summed E-state index contributed by atoms with van der Waals surface area (Å²) in [6.07, 6.45) is 5.44. The van der Waals surface area contributed by atoms with E-state index in [2.05, 4.69) is 14.5 Å². The number of ether oxygens (including phenoxy) is 3. The van der Waals surface area contributed by atoms with Crippen molar-refractivity contribution in [1.29, 1.82) is 0 Å². The van der Waals surface area contributed by atoms with Gasteiger partial charge in [-0.05, 0) is 42.0 Å². The maximum absolute atomic E-state index is 12.6. The van der Waals surface area contributed by atoms with E-state index in [0.717, 1.165) is 6.26 Å². The number of nitrogens with zero attached hydrogens (tertiary/aromatic N) is 3. The molecule has 0 radical (unpaired) electrons. The molecule has 1 aliphatic heterocycles. The van der Waals surface area contributed by atoms with Crippen molar-refractivity contribution in [1.82, 2.24) is 14.5 Å². The summed E-state index contributed by atoms with van der Waals surface area (Å²) in [5, 5.41) is 19.4. The van der Waals surface area contributed by atoms with Crippen LogP contribution in [0.5, 0.6) is 0 Å². The molecule has 0 saturated heterocycles. The highest BCUT2D eigenvalue weighted by Gasteiger charge is 2.29. The van der Waals surface area contributed by atoms with E-state index in [0.29, 0.717) is 60.2 Å². The number of fused-ring (bicyclic) bond motifs is 3. The molecule has 8 rings (SSSR count). The van der Waals surface area contributed by atoms with Gasteiger partial charge in [0, 0.05) is 48.2 Å². The number of aromatic carboxylic acids is 1. The van der Waals surface area contributed by atoms with Crippen molar-refractivity contribution in [3.63, 3.8) is 0 Å². The number of aromatic nitrogens is 2. The van der Waals surface area contributed by atoms with E-state index in [1.807, 2.05) is 0 Å². The minimum Gasteiger partial charge on any atom is -0.481 e. The number of hydrogen-bond donors (Lipinski definition) is 2. The number of esters is 4. The molecule has 17 nitrogen and oxygen atoms in total. The van der Waals surface area contributed by atoms with Crippen LogP contribution in [-0.4, -0.2) is 88.8 Å². The van der Waals surface area contributed by atoms with Gasteiger partial charge >= 0.3 is 41.4 Å². The van der Waals surface area contributed by atoms with Crippen LogP contribution in [0.1, 0.15) is 52.6 Å². The number of aliphatic carboxylic acids is 1. The Morgan fingerprint density at radius 2 is 1.26 bits per heavy atom. The van der Waals surface area contributed by atoms with Crippen LogP contribution in [0.15, 0.2) is 148 Å². The summed E-state index contributed by atoms with van der Waals surface area (Å²) in [5.41, 5.74) is 2.21. The number of hydrogen-bond acceptors (Lipinski definition) is 14. The molecule has 4 heterocycles. The fraction of sp³-hybridized carbons (Fsp3) is 0.104. The number of carboxylic acid groups (broad SMARTS) is 2. The number of benzene rings is 4. The van der Waals surface area contributed by atoms with E-state index in [-0.39, 0.29) is 23.1 Å². The van der Waals surface area contributed by atoms with Crippen molar-refractivity contribution in [3.8, 4) is 5.69 Å². The van der Waals surface area contributed by atoms with Crippen molar-refractivity contribution in [2.75, 3.05) is 28.3 Å². The second kappa shape index (κ2) is 22.1. The van der Waals surface area contributed by atoms with Crippen molar-refractivity contribution < 1.29 is 57.6 Å². The highest BCUT2D eigenvalue weighted by atomic mass is 35.5. The predicted molar refractivity (Wildman–Crippen MR) is 241 cm³/mol. The Labute approximate surface area is 379 Å². The van der Waals surface area contributed by atoms with Crippen LogP contribution in [0.4, 0.5) is 0 Å². The zero-order chi connectivity index (χ0) is 48.1. The SMILES string of the molecule is CN(C)/C=C1/C(=O)OC(=O)c2ccccc21.COC(=O)c1cn(-c2ccc(Cl)nc2)c(=O)c2ccccc12.COC(=O)c1coc(=O)c2ccccc12.O=C(O)Cc1ccccc1C(=O)O. The van der Waals surface area contributed by atoms with Gasteiger partial charge in [-0.2, -0.15) is 0 Å². The molecule has 0 spiro atoms. The Morgan fingerprint density at radius 1 is 0.697 bits per heavy atom. The van der Waals surface area contributed by atoms with Gasteiger partial charge in [-0.3, -0.25) is 14.2 Å². The van der Waals surface area contributed by atoms with Crippen LogP contribution in [0.25, 0.3) is 32.8 Å². The Bertz CT molecular complexity index is 3140. The van der Waals surface area contributed by atoms with E-state index in [4.69, 9.17) is 31.0 Å². The highest BCUT2D eigenvalue weighted by Crippen LogP contribution is 2.27. The summed E-state index contributed by atoms with van der Waals surface area (Å²) in [6.45, 7) is 0. The van der Waals surface area contributed by atoms with E-state index in [9.17, 15) is 38.4 Å². The van der Waals surface area contributed by atoms with Crippen LogP contribution >= 0.6 is 11.6 Å². The summed E-state index contributed by atoms with van der Waals surface area (Å²) >= 11 is 5.77. The molecule has 3 aromatic heterocycles. The molecule has 0 unspecified atom stereocenters. The molecule has 18 heteroatoms. The van der Waals surface area contributed by atoms with Gasteiger partial charge in [0.1, 0.15) is 17.0 Å². The average Bonchev–Trinajstić information content (AvgIpc) is 3.31. The normalized spacial score (nSPS) is 11.9. The molecule has 336 valence electrons. The number of methoxy groups -OCH3 is 2. The van der Waals surface area contributed by atoms with Gasteiger partial charge in [-0.15, -0.1) is 0 Å². The lowest BCUT2D eigenvalue weighted by Gasteiger charge is -2.18. The van der Waals surface area contributed by atoms with Gasteiger partial charge < -0.3 is 33.7 Å². The standard InChI is InChI=1S/C16H11ClN2O3.C12H11NO3.C11H8O4.C9H8O4/c1-22-16(21)13-9-19(10-6-7-14(17)18-8-10)15(20)12-5-3-2-4-11(12)13;1-13(2)7-10-8-5-3-4-6-9(8)11(14)16-12(10)15;1-14-10(12)9-6-15-11(13)8-5-3-2-4-7(8)9;10-8(11)5-6-3-1-2-4-7(6)9(12)13/h2-9H,1H3;3-7H,1-2H3;2-6H,1H3;1-4H,5H2,(H,10,11)(H,12,13)/b;10-7+;;. The summed E-state index contributed by atoms with van der Waals surface area (Å²) in [4.78, 5) is 97.0. The Kier molecular flexibility index (Phi) is 16.2. The monoisotopic (exact) mass is 915 g/mol. The Morgan fingerprint density at radius 3 is 1.85 bits per heavy atom. The molecule has 7 aromatic rings. The lowest BCUT2D eigenvalue weighted by molar-refractivity contribution is -0.136. The van der Waals surface area contributed by atoms with Gasteiger partial charge in [0.2, 0.25) is 0 Å². The van der Waals surface area contributed by atoms with Gasteiger partial charge in [0.25, 0.3) is 5.56 Å². The molecular weight excluding hydrogens is 878 g/mol. The van der Waals surface area contributed by atoms with Crippen LogP contribution in [0, 0.1) is 0 Å². The zero-order valence-electron chi connectivity index (χ0n) is 35.4. The molecular formula is C48H38ClN3O14. The first kappa shape index (κ1) is 48.3. The van der Waals surface area contributed by atoms with E-state index < -0.39 is 41.4 Å². The first-order valence-electron chi connectivity index (χ1n) is 19.3. The summed E-state index contributed by atoms with van der Waals surface area (Å²) in [6, 6.07) is 29.9. The lowest BCUT2D eigenvalue weighted by Crippen LogP contribution is -2.23. The summed E-state index contributed by atoms with van der Waals surface area (Å²) in [5.74, 6) is -4.35. The Hall–Kier alpha value is -8.70. The van der Waals surface area contributed by atoms with Crippen molar-refractivity contribution in [3.05, 3.63) is 193 Å². The third-order valence-electron chi connectivity index (χ3n) is 9.27. The Balaban J connectivity index is 0.000000169. The van der Waals surface area contributed by atoms with Gasteiger partial charge in [0.15, 0.2) is 0 Å². The molecule has 0 bridgehead atoms. The van der Waals surface area contributed by atoms with Crippen molar-refractivity contribution in [2.45, 2.75) is 6.42 Å². The molecule has 66 heavy (non-hydrogen) atoms. The third kappa shape index (κ3) is 11.7. The average molecular weight is 916 g/mol. The second-order valence-electron chi connectivity index (χ2n) is 13.8. The number of carbonyl (C=O) groups is 6. The van der Waals surface area contributed by atoms with Crippen LogP contribution in [0.3, 0.4) is 0 Å². The minimum atomic E-state index is -1.10. The van der Waals surface area contributed by atoms with Crippen LogP contribution in [0.2, 0.25) is 5.15 Å². The minimum absolute atomic E-state index is 0.0462. The number of cyclic esters (lactones) is 2. The fourth-order valence-corrected chi connectivity index (χ4v) is 6.41. The third-order valence-corrected chi connectivity index (χ3v) is 9.49. The largest absolute Gasteiger partial charge is 0.481 e. The maximum atomic E-state index is 12.6. The van der Waals surface area contributed by atoms with Crippen LogP contribution in [-0.2, 0) is 30.2 Å². The van der Waals surface area contributed by atoms with E-state index >= 15 is 0 Å². The molecule has 0 aliphatic carbocycles. The first-order valence-corrected chi connectivity index (χ1v) is 19.6. The van der Waals surface area contributed by atoms with Crippen molar-refractivity contribution in [2.24, 2.45) is 0 Å². The highest BCUT2D eigenvalue weighted by molar-refractivity contribution is 6.29. The van der Waals surface area contributed by atoms with E-state index in [1.165, 1.54) is 43.3 Å². The molecule has 1 aliphatic rings. The number of pyridine rings is 2. The number of rotatable bonds is 7. The lowest BCUT2D eigenvalue weighted by atomic mass is 9.98. The second-order valence-corrected chi connectivity index (χ2v) is 14.2. The summed E-state index contributed by atoms with van der Waals surface area (Å²) < 4.78 is 20.1. The number of carboxylic acids is 2. The van der Waals surface area contributed by atoms with Gasteiger partial charge in [-0.25, -0.2) is 33.8 Å². The zero-order valence-corrected chi connectivity index (χ0v) is 36.2. The first-order chi connectivity index (χ1) is 31.6. The van der Waals surface area contributed by atoms with Gasteiger partial charge in [-0.1, -0.05) is 84.4 Å².